The molecule has 0 aliphatic carbocycles. The largest absolute Gasteiger partial charge is 0.341 e. The molecule has 1 unspecified atom stereocenters. The maximum atomic E-state index is 13.2. The predicted molar refractivity (Wildman–Crippen MR) is 80.7 cm³/mol. The highest BCUT2D eigenvalue weighted by atomic mass is 35.5. The van der Waals surface area contributed by atoms with Crippen LogP contribution in [0.3, 0.4) is 0 Å². The van der Waals surface area contributed by atoms with Crippen molar-refractivity contribution in [1.29, 1.82) is 0 Å². The van der Waals surface area contributed by atoms with Crippen molar-refractivity contribution < 1.29 is 9.18 Å². The van der Waals surface area contributed by atoms with E-state index in [1.165, 1.54) is 12.1 Å². The Balaban J connectivity index is 0.00000200. The van der Waals surface area contributed by atoms with Gasteiger partial charge in [-0.3, -0.25) is 4.79 Å². The highest BCUT2D eigenvalue weighted by Gasteiger charge is 2.18. The molecule has 1 aliphatic heterocycles. The van der Waals surface area contributed by atoms with Crippen LogP contribution in [0.25, 0.3) is 0 Å². The Morgan fingerprint density at radius 2 is 2.20 bits per heavy atom. The molecule has 1 heterocycles. The Hall–Kier alpha value is -1.13. The molecule has 0 saturated carbocycles. The van der Waals surface area contributed by atoms with E-state index in [2.05, 4.69) is 5.32 Å². The standard InChI is InChI=1S/C15H21FN2O.ClH/c1-12(13-4-2-5-14(16)11-13)10-15(19)18-8-3-6-17-7-9-18;/h2,4-5,11-12,17H,3,6-10H2,1H3;1H. The van der Waals surface area contributed by atoms with Crippen molar-refractivity contribution >= 4 is 18.3 Å². The molecule has 5 heteroatoms. The zero-order valence-electron chi connectivity index (χ0n) is 11.8. The first-order valence-electron chi connectivity index (χ1n) is 6.91. The number of nitrogens with zero attached hydrogens (tertiary/aromatic N) is 1. The summed E-state index contributed by atoms with van der Waals surface area (Å²) in [5.41, 5.74) is 0.890. The summed E-state index contributed by atoms with van der Waals surface area (Å²) >= 11 is 0. The second kappa shape index (κ2) is 8.22. The smallest absolute Gasteiger partial charge is 0.223 e. The van der Waals surface area contributed by atoms with E-state index in [-0.39, 0.29) is 30.0 Å². The Labute approximate surface area is 125 Å². The highest BCUT2D eigenvalue weighted by Crippen LogP contribution is 2.20. The van der Waals surface area contributed by atoms with E-state index in [1.807, 2.05) is 17.9 Å². The van der Waals surface area contributed by atoms with Crippen LogP contribution in [0.5, 0.6) is 0 Å². The highest BCUT2D eigenvalue weighted by molar-refractivity contribution is 5.85. The molecule has 3 nitrogen and oxygen atoms in total. The van der Waals surface area contributed by atoms with Crippen molar-refractivity contribution in [2.45, 2.75) is 25.7 Å². The third kappa shape index (κ3) is 4.76. The molecule has 112 valence electrons. The summed E-state index contributed by atoms with van der Waals surface area (Å²) in [4.78, 5) is 14.1. The van der Waals surface area contributed by atoms with Crippen molar-refractivity contribution in [1.82, 2.24) is 10.2 Å². The summed E-state index contributed by atoms with van der Waals surface area (Å²) in [6, 6.07) is 6.52. The number of carbonyl (C=O) groups excluding carboxylic acids is 1. The number of rotatable bonds is 3. The maximum Gasteiger partial charge on any atom is 0.223 e. The molecule has 1 amide bonds. The number of hydrogen-bond acceptors (Lipinski definition) is 2. The van der Waals surface area contributed by atoms with E-state index in [1.54, 1.807) is 6.07 Å². The normalized spacial score (nSPS) is 17.0. The SMILES string of the molecule is CC(CC(=O)N1CCCNCC1)c1cccc(F)c1.Cl. The summed E-state index contributed by atoms with van der Waals surface area (Å²) in [5, 5.41) is 3.28. The van der Waals surface area contributed by atoms with Crippen molar-refractivity contribution in [2.24, 2.45) is 0 Å². The zero-order valence-corrected chi connectivity index (χ0v) is 12.6. The van der Waals surface area contributed by atoms with E-state index in [9.17, 15) is 9.18 Å². The minimum Gasteiger partial charge on any atom is -0.341 e. The number of carbonyl (C=O) groups is 1. The number of halogens is 2. The van der Waals surface area contributed by atoms with E-state index >= 15 is 0 Å². The quantitative estimate of drug-likeness (QED) is 0.930. The van der Waals surface area contributed by atoms with Crippen LogP contribution in [0.1, 0.15) is 31.2 Å². The van der Waals surface area contributed by atoms with Gasteiger partial charge in [-0.1, -0.05) is 19.1 Å². The molecule has 0 radical (unpaired) electrons. The van der Waals surface area contributed by atoms with Crippen LogP contribution < -0.4 is 5.32 Å². The van der Waals surface area contributed by atoms with Gasteiger partial charge < -0.3 is 10.2 Å². The fourth-order valence-electron chi connectivity index (χ4n) is 2.42. The minimum absolute atomic E-state index is 0. The van der Waals surface area contributed by atoms with Crippen molar-refractivity contribution in [2.75, 3.05) is 26.2 Å². The molecule has 0 spiro atoms. The van der Waals surface area contributed by atoms with Gasteiger partial charge in [0.15, 0.2) is 0 Å². The summed E-state index contributed by atoms with van der Waals surface area (Å²) in [6.45, 7) is 5.41. The lowest BCUT2D eigenvalue weighted by Crippen LogP contribution is -2.34. The van der Waals surface area contributed by atoms with E-state index in [0.717, 1.165) is 38.2 Å². The van der Waals surface area contributed by atoms with Gasteiger partial charge in [0.1, 0.15) is 5.82 Å². The molecule has 1 saturated heterocycles. The average Bonchev–Trinajstić information content (AvgIpc) is 2.67. The summed E-state index contributed by atoms with van der Waals surface area (Å²) in [6.07, 6.45) is 1.45. The Kier molecular flexibility index (Phi) is 6.96. The molecule has 1 fully saturated rings. The Bertz CT molecular complexity index is 434. The van der Waals surface area contributed by atoms with Crippen molar-refractivity contribution in [3.05, 3.63) is 35.6 Å². The van der Waals surface area contributed by atoms with Gasteiger partial charge in [-0.05, 0) is 36.6 Å². The average molecular weight is 301 g/mol. The molecular formula is C15H22ClFN2O. The molecule has 0 bridgehead atoms. The van der Waals surface area contributed by atoms with Gasteiger partial charge in [0.25, 0.3) is 0 Å². The first-order chi connectivity index (χ1) is 9.16. The van der Waals surface area contributed by atoms with Crippen LogP contribution in [0.2, 0.25) is 0 Å². The van der Waals surface area contributed by atoms with Crippen molar-refractivity contribution in [3.8, 4) is 0 Å². The van der Waals surface area contributed by atoms with E-state index in [0.29, 0.717) is 6.42 Å². The summed E-state index contributed by atoms with van der Waals surface area (Å²) in [7, 11) is 0. The lowest BCUT2D eigenvalue weighted by atomic mass is 9.97. The number of benzene rings is 1. The monoisotopic (exact) mass is 300 g/mol. The molecule has 2 rings (SSSR count). The third-order valence-electron chi connectivity index (χ3n) is 3.59. The second-order valence-corrected chi connectivity index (χ2v) is 5.14. The van der Waals surface area contributed by atoms with Crippen LogP contribution in [0, 0.1) is 5.82 Å². The van der Waals surface area contributed by atoms with Crippen LogP contribution >= 0.6 is 12.4 Å². The molecule has 1 atom stereocenters. The fourth-order valence-corrected chi connectivity index (χ4v) is 2.42. The molecular weight excluding hydrogens is 279 g/mol. The van der Waals surface area contributed by atoms with E-state index in [4.69, 9.17) is 0 Å². The lowest BCUT2D eigenvalue weighted by Gasteiger charge is -2.22. The van der Waals surface area contributed by atoms with Gasteiger partial charge in [-0.15, -0.1) is 12.4 Å². The number of nitrogens with one attached hydrogen (secondary N) is 1. The summed E-state index contributed by atoms with van der Waals surface area (Å²) in [5.74, 6) is -0.0179. The van der Waals surface area contributed by atoms with Crippen molar-refractivity contribution in [3.63, 3.8) is 0 Å². The lowest BCUT2D eigenvalue weighted by molar-refractivity contribution is -0.131. The third-order valence-corrected chi connectivity index (χ3v) is 3.59. The second-order valence-electron chi connectivity index (χ2n) is 5.14. The van der Waals surface area contributed by atoms with Crippen LogP contribution in [0.15, 0.2) is 24.3 Å². The van der Waals surface area contributed by atoms with Crippen LogP contribution in [-0.4, -0.2) is 37.0 Å². The van der Waals surface area contributed by atoms with Gasteiger partial charge in [-0.2, -0.15) is 0 Å². The first kappa shape index (κ1) is 16.9. The summed E-state index contributed by atoms with van der Waals surface area (Å²) < 4.78 is 13.2. The Morgan fingerprint density at radius 3 is 2.95 bits per heavy atom. The Morgan fingerprint density at radius 1 is 1.40 bits per heavy atom. The predicted octanol–water partition coefficient (Wildman–Crippen LogP) is 2.56. The van der Waals surface area contributed by atoms with Crippen LogP contribution in [-0.2, 0) is 4.79 Å². The van der Waals surface area contributed by atoms with Gasteiger partial charge in [0.2, 0.25) is 5.91 Å². The minimum atomic E-state index is -0.240. The van der Waals surface area contributed by atoms with Gasteiger partial charge in [0, 0.05) is 26.1 Å². The molecule has 20 heavy (non-hydrogen) atoms. The molecule has 1 aromatic carbocycles. The molecule has 1 aliphatic rings. The molecule has 1 aromatic rings. The van der Waals surface area contributed by atoms with Gasteiger partial charge in [-0.25, -0.2) is 4.39 Å². The van der Waals surface area contributed by atoms with Gasteiger partial charge in [0.05, 0.1) is 0 Å². The van der Waals surface area contributed by atoms with E-state index < -0.39 is 0 Å². The number of amides is 1. The molecule has 0 aromatic heterocycles. The van der Waals surface area contributed by atoms with Gasteiger partial charge >= 0.3 is 0 Å². The first-order valence-corrected chi connectivity index (χ1v) is 6.91. The topological polar surface area (TPSA) is 32.3 Å². The maximum absolute atomic E-state index is 13.2. The number of hydrogen-bond donors (Lipinski definition) is 1. The molecule has 1 N–H and O–H groups in total. The fraction of sp³-hybridized carbons (Fsp3) is 0.533. The zero-order chi connectivity index (χ0) is 13.7. The van der Waals surface area contributed by atoms with Crippen LogP contribution in [0.4, 0.5) is 4.39 Å².